The SMILES string of the molecule is CC/C=C\C/C=C\C/C=C\C/C=C\C/C=C\C/C=C\CCCCCCCCCCCCCCCCCCCCCCC(=O)NC(COP(=O)(O)OCC[N+](C)(C)C)C(O)/C=C/CCCCCCCCC. The maximum absolute atomic E-state index is 12.9. The lowest BCUT2D eigenvalue weighted by Crippen LogP contribution is -2.45. The lowest BCUT2D eigenvalue weighted by Gasteiger charge is -2.25. The molecule has 406 valence electrons. The number of aliphatic hydroxyl groups excluding tert-OH is 1. The fourth-order valence-corrected chi connectivity index (χ4v) is 8.84. The second-order valence-electron chi connectivity index (χ2n) is 20.6. The van der Waals surface area contributed by atoms with Gasteiger partial charge in [-0.25, -0.2) is 4.57 Å². The molecular formula is C61H112N2O6P+. The summed E-state index contributed by atoms with van der Waals surface area (Å²) in [5.41, 5.74) is 0. The molecule has 0 radical (unpaired) electrons. The van der Waals surface area contributed by atoms with Crippen molar-refractivity contribution in [1.82, 2.24) is 5.32 Å². The number of likely N-dealkylation sites (N-methyl/N-ethyl adjacent to an activating group) is 1. The molecule has 0 bridgehead atoms. The van der Waals surface area contributed by atoms with Gasteiger partial charge in [-0.2, -0.15) is 0 Å². The maximum atomic E-state index is 12.9. The summed E-state index contributed by atoms with van der Waals surface area (Å²) in [5, 5.41) is 13.8. The third-order valence-electron chi connectivity index (χ3n) is 12.6. The summed E-state index contributed by atoms with van der Waals surface area (Å²) in [6.07, 6.45) is 72.9. The number of carbonyl (C=O) groups is 1. The van der Waals surface area contributed by atoms with E-state index in [0.29, 0.717) is 17.4 Å². The first-order chi connectivity index (χ1) is 34.0. The van der Waals surface area contributed by atoms with E-state index in [-0.39, 0.29) is 19.1 Å². The lowest BCUT2D eigenvalue weighted by molar-refractivity contribution is -0.870. The van der Waals surface area contributed by atoms with Gasteiger partial charge in [0, 0.05) is 6.42 Å². The molecule has 1 amide bonds. The minimum absolute atomic E-state index is 0.0603. The molecule has 70 heavy (non-hydrogen) atoms. The zero-order valence-corrected chi connectivity index (χ0v) is 47.1. The molecule has 0 rings (SSSR count). The van der Waals surface area contributed by atoms with Gasteiger partial charge >= 0.3 is 7.82 Å². The van der Waals surface area contributed by atoms with Crippen LogP contribution in [-0.2, 0) is 18.4 Å². The Morgan fingerprint density at radius 1 is 0.500 bits per heavy atom. The molecule has 0 fully saturated rings. The minimum Gasteiger partial charge on any atom is -0.387 e. The topological polar surface area (TPSA) is 105 Å². The summed E-state index contributed by atoms with van der Waals surface area (Å²) in [7, 11) is 1.57. The number of allylic oxidation sites excluding steroid dienone is 13. The van der Waals surface area contributed by atoms with Crippen LogP contribution in [0, 0.1) is 0 Å². The van der Waals surface area contributed by atoms with Crippen molar-refractivity contribution in [2.75, 3.05) is 40.9 Å². The first kappa shape index (κ1) is 67.7. The second-order valence-corrected chi connectivity index (χ2v) is 22.1. The van der Waals surface area contributed by atoms with Gasteiger partial charge in [0.25, 0.3) is 0 Å². The molecule has 0 aromatic carbocycles. The van der Waals surface area contributed by atoms with Crippen LogP contribution in [-0.4, -0.2) is 73.4 Å². The number of aliphatic hydroxyl groups is 1. The third kappa shape index (κ3) is 53.5. The van der Waals surface area contributed by atoms with E-state index in [9.17, 15) is 19.4 Å². The Labute approximate surface area is 433 Å². The summed E-state index contributed by atoms with van der Waals surface area (Å²) < 4.78 is 23.6. The molecule has 3 unspecified atom stereocenters. The number of quaternary nitrogens is 1. The monoisotopic (exact) mass is 1000 g/mol. The Hall–Kier alpha value is -2.32. The molecule has 3 N–H and O–H groups in total. The predicted molar refractivity (Wildman–Crippen MR) is 304 cm³/mol. The average molecular weight is 1000 g/mol. The quantitative estimate of drug-likeness (QED) is 0.0243. The number of nitrogens with one attached hydrogen (secondary N) is 1. The Morgan fingerprint density at radius 2 is 0.857 bits per heavy atom. The Balaban J connectivity index is 3.87. The molecular weight excluding hydrogens is 888 g/mol. The smallest absolute Gasteiger partial charge is 0.387 e. The summed E-state index contributed by atoms with van der Waals surface area (Å²) in [5.74, 6) is -0.179. The van der Waals surface area contributed by atoms with Crippen LogP contribution in [0.15, 0.2) is 85.1 Å². The zero-order valence-electron chi connectivity index (χ0n) is 46.2. The van der Waals surface area contributed by atoms with Crippen molar-refractivity contribution in [2.24, 2.45) is 0 Å². The Morgan fingerprint density at radius 3 is 1.26 bits per heavy atom. The molecule has 0 aliphatic heterocycles. The van der Waals surface area contributed by atoms with Gasteiger partial charge in [-0.05, 0) is 70.6 Å². The first-order valence-corrected chi connectivity index (χ1v) is 30.5. The highest BCUT2D eigenvalue weighted by Crippen LogP contribution is 2.43. The third-order valence-corrected chi connectivity index (χ3v) is 13.6. The number of unbranched alkanes of at least 4 members (excludes halogenated alkanes) is 27. The van der Waals surface area contributed by atoms with Crippen molar-refractivity contribution in [3.05, 3.63) is 85.1 Å². The Kier molecular flexibility index (Phi) is 49.9. The van der Waals surface area contributed by atoms with Crippen LogP contribution in [0.25, 0.3) is 0 Å². The first-order valence-electron chi connectivity index (χ1n) is 29.0. The Bertz CT molecular complexity index is 1410. The van der Waals surface area contributed by atoms with E-state index < -0.39 is 20.0 Å². The maximum Gasteiger partial charge on any atom is 0.472 e. The lowest BCUT2D eigenvalue weighted by atomic mass is 10.0. The van der Waals surface area contributed by atoms with Crippen molar-refractivity contribution in [3.63, 3.8) is 0 Å². The average Bonchev–Trinajstić information content (AvgIpc) is 3.32. The summed E-state index contributed by atoms with van der Waals surface area (Å²) in [6.45, 7) is 4.67. The van der Waals surface area contributed by atoms with Gasteiger partial charge in [0.15, 0.2) is 0 Å². The van der Waals surface area contributed by atoms with Crippen molar-refractivity contribution in [3.8, 4) is 0 Å². The number of phosphoric ester groups is 1. The van der Waals surface area contributed by atoms with E-state index in [1.54, 1.807) is 6.08 Å². The van der Waals surface area contributed by atoms with E-state index in [2.05, 4.69) is 92.1 Å². The highest BCUT2D eigenvalue weighted by Gasteiger charge is 2.27. The molecule has 0 saturated carbocycles. The highest BCUT2D eigenvalue weighted by atomic mass is 31.2. The number of rotatable bonds is 52. The van der Waals surface area contributed by atoms with Crippen molar-refractivity contribution >= 4 is 13.7 Å². The van der Waals surface area contributed by atoms with E-state index >= 15 is 0 Å². The number of nitrogens with zero attached hydrogens (tertiary/aromatic N) is 1. The fraction of sp³-hybridized carbons (Fsp3) is 0.754. The van der Waals surface area contributed by atoms with Crippen LogP contribution >= 0.6 is 7.82 Å². The predicted octanol–water partition coefficient (Wildman–Crippen LogP) is 17.6. The standard InChI is InChI=1S/C61H111N2O6P/c1-6-8-10-12-14-16-17-18-19-20-21-22-23-24-25-26-27-28-29-30-31-32-33-34-35-36-37-38-39-40-41-42-43-44-45-47-49-51-53-55-61(65)62-59(58-69-70(66,67)68-57-56-63(3,4)5)60(64)54-52-50-48-46-15-13-11-9-7-2/h8,10,14,16,18-19,21-22,24-25,27-28,52,54,59-60,64H,6-7,9,11-13,15,17,20,23,26,29-51,53,55-58H2,1-5H3,(H-,62,65,66,67)/p+1/b10-8-,16-14-,19-18-,22-21-,25-24-,28-27-,54-52+. The van der Waals surface area contributed by atoms with Crippen LogP contribution < -0.4 is 5.32 Å². The van der Waals surface area contributed by atoms with Gasteiger partial charge in [0.1, 0.15) is 13.2 Å². The van der Waals surface area contributed by atoms with Gasteiger partial charge < -0.3 is 19.8 Å². The second kappa shape index (κ2) is 51.6. The summed E-state index contributed by atoms with van der Waals surface area (Å²) >= 11 is 0. The van der Waals surface area contributed by atoms with Gasteiger partial charge in [0.2, 0.25) is 5.91 Å². The fourth-order valence-electron chi connectivity index (χ4n) is 8.10. The summed E-state index contributed by atoms with van der Waals surface area (Å²) in [6, 6.07) is -0.845. The number of phosphoric acid groups is 1. The number of carbonyl (C=O) groups excluding carboxylic acids is 1. The van der Waals surface area contributed by atoms with Gasteiger partial charge in [-0.15, -0.1) is 0 Å². The highest BCUT2D eigenvalue weighted by molar-refractivity contribution is 7.47. The largest absolute Gasteiger partial charge is 0.472 e. The molecule has 0 aliphatic rings. The van der Waals surface area contributed by atoms with Crippen LogP contribution in [0.3, 0.4) is 0 Å². The van der Waals surface area contributed by atoms with Gasteiger partial charge in [-0.1, -0.05) is 253 Å². The zero-order chi connectivity index (χ0) is 51.3. The molecule has 8 nitrogen and oxygen atoms in total. The van der Waals surface area contributed by atoms with Crippen LogP contribution in [0.2, 0.25) is 0 Å². The molecule has 0 heterocycles. The van der Waals surface area contributed by atoms with Gasteiger partial charge in [0.05, 0.1) is 39.9 Å². The van der Waals surface area contributed by atoms with E-state index in [1.807, 2.05) is 27.2 Å². The molecule has 0 aromatic heterocycles. The minimum atomic E-state index is -4.34. The van der Waals surface area contributed by atoms with Crippen LogP contribution in [0.4, 0.5) is 0 Å². The van der Waals surface area contributed by atoms with E-state index in [0.717, 1.165) is 77.0 Å². The van der Waals surface area contributed by atoms with E-state index in [4.69, 9.17) is 9.05 Å². The normalized spacial score (nSPS) is 14.6. The van der Waals surface area contributed by atoms with Gasteiger partial charge in [-0.3, -0.25) is 13.8 Å². The molecule has 0 aliphatic carbocycles. The molecule has 0 saturated heterocycles. The number of amides is 1. The van der Waals surface area contributed by atoms with Crippen molar-refractivity contribution in [2.45, 2.75) is 257 Å². The van der Waals surface area contributed by atoms with Crippen molar-refractivity contribution < 1.29 is 32.9 Å². The van der Waals surface area contributed by atoms with Crippen molar-refractivity contribution in [1.29, 1.82) is 0 Å². The van der Waals surface area contributed by atoms with E-state index in [1.165, 1.54) is 148 Å². The van der Waals surface area contributed by atoms with Crippen LogP contribution in [0.5, 0.6) is 0 Å². The number of hydrogen-bond acceptors (Lipinski definition) is 5. The molecule has 3 atom stereocenters. The number of hydrogen-bond donors (Lipinski definition) is 3. The van der Waals surface area contributed by atoms with Crippen LogP contribution in [0.1, 0.15) is 245 Å². The summed E-state index contributed by atoms with van der Waals surface area (Å²) in [4.78, 5) is 23.2. The molecule has 0 spiro atoms. The molecule has 0 aromatic rings. The molecule has 9 heteroatoms.